The van der Waals surface area contributed by atoms with Crippen LogP contribution >= 0.6 is 0 Å². The topological polar surface area (TPSA) is 79.6 Å². The fraction of sp³-hybridized carbons (Fsp3) is 0.125. The summed E-state index contributed by atoms with van der Waals surface area (Å²) in [5.41, 5.74) is 0.749. The summed E-state index contributed by atoms with van der Waals surface area (Å²) < 4.78 is 73.3. The molecule has 176 valence electrons. The lowest BCUT2D eigenvalue weighted by Gasteiger charge is -2.21. The molecule has 1 N–H and O–H groups in total. The van der Waals surface area contributed by atoms with E-state index in [0.29, 0.717) is 11.6 Å². The number of rotatable bonds is 5. The van der Waals surface area contributed by atoms with Gasteiger partial charge in [-0.15, -0.1) is 0 Å². The van der Waals surface area contributed by atoms with Crippen molar-refractivity contribution in [2.45, 2.75) is 0 Å². The molecule has 1 heterocycles. The third-order valence-corrected chi connectivity index (χ3v) is 6.62. The Morgan fingerprint density at radius 1 is 0.941 bits per heavy atom. The van der Waals surface area contributed by atoms with Crippen LogP contribution in [0.5, 0.6) is 0 Å². The lowest BCUT2D eigenvalue weighted by Crippen LogP contribution is -2.25. The summed E-state index contributed by atoms with van der Waals surface area (Å²) in [4.78, 5) is 12.8. The number of fused-ring (bicyclic) bond motifs is 1. The number of hydrogen-bond donors (Lipinski definition) is 1. The molecule has 1 amide bonds. The van der Waals surface area contributed by atoms with E-state index < -0.39 is 33.4 Å². The molecule has 0 atom stereocenters. The molecular formula is C24H19F3N2O4S. The molecule has 0 spiro atoms. The fourth-order valence-electron chi connectivity index (χ4n) is 3.65. The summed E-state index contributed by atoms with van der Waals surface area (Å²) in [5, 5.41) is 2.78. The molecule has 0 saturated carbocycles. The highest BCUT2D eigenvalue weighted by Gasteiger charge is 2.26. The van der Waals surface area contributed by atoms with Gasteiger partial charge < -0.3 is 9.73 Å². The zero-order valence-corrected chi connectivity index (χ0v) is 19.1. The fourth-order valence-corrected chi connectivity index (χ4v) is 4.16. The Kier molecular flexibility index (Phi) is 5.86. The van der Waals surface area contributed by atoms with Crippen molar-refractivity contribution in [1.82, 2.24) is 5.32 Å². The summed E-state index contributed by atoms with van der Waals surface area (Å²) in [6, 6.07) is 11.0. The van der Waals surface area contributed by atoms with Crippen LogP contribution in [0.1, 0.15) is 10.4 Å². The number of hydrogen-bond acceptors (Lipinski definition) is 4. The summed E-state index contributed by atoms with van der Waals surface area (Å²) in [7, 11) is -1.08. The predicted octanol–water partition coefficient (Wildman–Crippen LogP) is 4.94. The number of halogens is 3. The van der Waals surface area contributed by atoms with Crippen LogP contribution < -0.4 is 9.62 Å². The standard InChI is InChI=1S/C24H19F3N2O4S/c1-28-24(30)22-18-11-17(16-9-8-15(26)10-19(16)27)20(29(2)34(3,31)32)12-21(18)33-23(22)13-4-6-14(25)7-5-13/h4-12H,1-3H3,(H,28,30). The predicted molar refractivity (Wildman–Crippen MR) is 124 cm³/mol. The van der Waals surface area contributed by atoms with Crippen molar-refractivity contribution in [3.05, 3.63) is 77.6 Å². The smallest absolute Gasteiger partial charge is 0.255 e. The second kappa shape index (κ2) is 8.53. The molecule has 0 aliphatic carbocycles. The minimum atomic E-state index is -3.78. The molecule has 6 nitrogen and oxygen atoms in total. The molecule has 1 aromatic heterocycles. The van der Waals surface area contributed by atoms with Crippen LogP contribution in [0.3, 0.4) is 0 Å². The third-order valence-electron chi connectivity index (χ3n) is 5.42. The first-order valence-electron chi connectivity index (χ1n) is 9.99. The monoisotopic (exact) mass is 488 g/mol. The van der Waals surface area contributed by atoms with Crippen LogP contribution in [0.25, 0.3) is 33.4 Å². The highest BCUT2D eigenvalue weighted by Crippen LogP contribution is 2.41. The number of furan rings is 1. The minimum absolute atomic E-state index is 0.0587. The van der Waals surface area contributed by atoms with Gasteiger partial charge >= 0.3 is 0 Å². The number of carbonyl (C=O) groups excluding carboxylic acids is 1. The molecule has 34 heavy (non-hydrogen) atoms. The van der Waals surface area contributed by atoms with Crippen molar-refractivity contribution < 1.29 is 30.8 Å². The first kappa shape index (κ1) is 23.4. The molecule has 4 rings (SSSR count). The number of sulfonamides is 1. The molecule has 0 bridgehead atoms. The van der Waals surface area contributed by atoms with Crippen LogP contribution in [0, 0.1) is 17.5 Å². The van der Waals surface area contributed by atoms with E-state index in [1.54, 1.807) is 0 Å². The van der Waals surface area contributed by atoms with E-state index in [4.69, 9.17) is 4.42 Å². The summed E-state index contributed by atoms with van der Waals surface area (Å²) >= 11 is 0. The number of nitrogens with zero attached hydrogens (tertiary/aromatic N) is 1. The van der Waals surface area contributed by atoms with E-state index in [2.05, 4.69) is 5.32 Å². The zero-order valence-electron chi connectivity index (χ0n) is 18.3. The largest absolute Gasteiger partial charge is 0.455 e. The lowest BCUT2D eigenvalue weighted by molar-refractivity contribution is 0.0964. The van der Waals surface area contributed by atoms with Crippen LogP contribution in [0.4, 0.5) is 18.9 Å². The first-order chi connectivity index (χ1) is 16.0. The molecule has 10 heteroatoms. The van der Waals surface area contributed by atoms with Crippen molar-refractivity contribution in [1.29, 1.82) is 0 Å². The van der Waals surface area contributed by atoms with E-state index in [-0.39, 0.29) is 39.1 Å². The lowest BCUT2D eigenvalue weighted by atomic mass is 9.98. The molecule has 4 aromatic rings. The second-order valence-corrected chi connectivity index (χ2v) is 9.63. The zero-order chi connectivity index (χ0) is 24.8. The average Bonchev–Trinajstić information content (AvgIpc) is 3.15. The molecule has 0 fully saturated rings. The maximum Gasteiger partial charge on any atom is 0.255 e. The van der Waals surface area contributed by atoms with Crippen molar-refractivity contribution in [3.8, 4) is 22.5 Å². The van der Waals surface area contributed by atoms with Gasteiger partial charge in [0.2, 0.25) is 10.0 Å². The van der Waals surface area contributed by atoms with E-state index >= 15 is 0 Å². The van der Waals surface area contributed by atoms with Crippen LogP contribution in [-0.2, 0) is 10.0 Å². The highest BCUT2D eigenvalue weighted by atomic mass is 32.2. The van der Waals surface area contributed by atoms with Gasteiger partial charge in [0.05, 0.1) is 17.5 Å². The normalized spacial score (nSPS) is 11.6. The van der Waals surface area contributed by atoms with Crippen molar-refractivity contribution >= 4 is 32.6 Å². The second-order valence-electron chi connectivity index (χ2n) is 7.61. The average molecular weight is 488 g/mol. The third kappa shape index (κ3) is 4.12. The van der Waals surface area contributed by atoms with Gasteiger partial charge in [0.1, 0.15) is 28.8 Å². The van der Waals surface area contributed by atoms with Gasteiger partial charge in [-0.2, -0.15) is 0 Å². The molecule has 0 radical (unpaired) electrons. The van der Waals surface area contributed by atoms with Crippen LogP contribution in [0.2, 0.25) is 0 Å². The van der Waals surface area contributed by atoms with Crippen molar-refractivity contribution in [2.75, 3.05) is 24.7 Å². The summed E-state index contributed by atoms with van der Waals surface area (Å²) in [6.45, 7) is 0. The van der Waals surface area contributed by atoms with Crippen LogP contribution in [0.15, 0.2) is 59.0 Å². The van der Waals surface area contributed by atoms with E-state index in [0.717, 1.165) is 16.6 Å². The Morgan fingerprint density at radius 2 is 1.59 bits per heavy atom. The maximum atomic E-state index is 14.8. The van der Waals surface area contributed by atoms with E-state index in [1.807, 2.05) is 0 Å². The number of nitrogens with one attached hydrogen (secondary N) is 1. The number of carbonyl (C=O) groups is 1. The van der Waals surface area contributed by atoms with E-state index in [1.165, 1.54) is 56.6 Å². The minimum Gasteiger partial charge on any atom is -0.455 e. The Hall–Kier alpha value is -3.79. The molecule has 0 aliphatic heterocycles. The molecule has 3 aromatic carbocycles. The van der Waals surface area contributed by atoms with Gasteiger partial charge in [-0.25, -0.2) is 21.6 Å². The number of anilines is 1. The Bertz CT molecular complexity index is 1530. The molecule has 0 unspecified atom stereocenters. The first-order valence-corrected chi connectivity index (χ1v) is 11.8. The SMILES string of the molecule is CNC(=O)c1c(-c2ccc(F)cc2)oc2cc(N(C)S(C)(=O)=O)c(-c3ccc(F)cc3F)cc12. The Morgan fingerprint density at radius 3 is 2.18 bits per heavy atom. The van der Waals surface area contributed by atoms with Gasteiger partial charge in [-0.3, -0.25) is 9.10 Å². The van der Waals surface area contributed by atoms with Gasteiger partial charge in [0.25, 0.3) is 5.91 Å². The van der Waals surface area contributed by atoms with Crippen molar-refractivity contribution in [3.63, 3.8) is 0 Å². The quantitative estimate of drug-likeness (QED) is 0.432. The van der Waals surface area contributed by atoms with Gasteiger partial charge in [0, 0.05) is 48.3 Å². The Balaban J connectivity index is 2.10. The van der Waals surface area contributed by atoms with Gasteiger partial charge in [-0.1, -0.05) is 0 Å². The summed E-state index contributed by atoms with van der Waals surface area (Å²) in [5.74, 6) is -2.58. The summed E-state index contributed by atoms with van der Waals surface area (Å²) in [6.07, 6.45) is 0.976. The maximum absolute atomic E-state index is 14.8. The van der Waals surface area contributed by atoms with E-state index in [9.17, 15) is 26.4 Å². The number of amides is 1. The molecular weight excluding hydrogens is 469 g/mol. The van der Waals surface area contributed by atoms with Crippen LogP contribution in [-0.4, -0.2) is 34.7 Å². The Labute approximate surface area is 193 Å². The van der Waals surface area contributed by atoms with Gasteiger partial charge in [0.15, 0.2) is 0 Å². The number of benzene rings is 3. The molecule has 0 saturated heterocycles. The van der Waals surface area contributed by atoms with Gasteiger partial charge in [-0.05, 0) is 42.5 Å². The van der Waals surface area contributed by atoms with Crippen molar-refractivity contribution in [2.24, 2.45) is 0 Å². The highest BCUT2D eigenvalue weighted by molar-refractivity contribution is 7.92. The molecule has 0 aliphatic rings.